The van der Waals surface area contributed by atoms with Gasteiger partial charge in [-0.25, -0.2) is 4.79 Å². The monoisotopic (exact) mass is 542 g/mol. The van der Waals surface area contributed by atoms with Gasteiger partial charge in [0.2, 0.25) is 0 Å². The van der Waals surface area contributed by atoms with Crippen LogP contribution >= 0.6 is 11.6 Å². The van der Waals surface area contributed by atoms with Crippen LogP contribution in [-0.4, -0.2) is 23.9 Å². The normalized spacial score (nSPS) is 11.9. The van der Waals surface area contributed by atoms with Crippen molar-refractivity contribution in [3.8, 4) is 16.9 Å². The molecular formula is C33H47ClO4. The lowest BCUT2D eigenvalue weighted by atomic mass is 10.0. The van der Waals surface area contributed by atoms with Crippen molar-refractivity contribution in [3.05, 3.63) is 54.1 Å². The van der Waals surface area contributed by atoms with Crippen molar-refractivity contribution in [1.29, 1.82) is 0 Å². The van der Waals surface area contributed by atoms with E-state index in [1.165, 1.54) is 64.2 Å². The lowest BCUT2D eigenvalue weighted by Crippen LogP contribution is -2.18. The summed E-state index contributed by atoms with van der Waals surface area (Å²) >= 11 is 6.16. The zero-order valence-electron chi connectivity index (χ0n) is 23.7. The van der Waals surface area contributed by atoms with Crippen molar-refractivity contribution >= 4 is 23.5 Å². The van der Waals surface area contributed by atoms with Crippen LogP contribution in [-0.2, 0) is 9.53 Å². The predicted octanol–water partition coefficient (Wildman–Crippen LogP) is 9.77. The molecule has 0 radical (unpaired) electrons. The third-order valence-electron chi connectivity index (χ3n) is 6.87. The maximum atomic E-state index is 12.2. The van der Waals surface area contributed by atoms with Gasteiger partial charge in [0.1, 0.15) is 12.4 Å². The molecule has 0 fully saturated rings. The van der Waals surface area contributed by atoms with Gasteiger partial charge in [-0.05, 0) is 47.7 Å². The molecule has 2 aromatic carbocycles. The average molecular weight is 543 g/mol. The highest BCUT2D eigenvalue weighted by Crippen LogP contribution is 2.24. The topological polar surface area (TPSA) is 52.6 Å². The van der Waals surface area contributed by atoms with Crippen LogP contribution in [0.5, 0.6) is 5.75 Å². The maximum Gasteiger partial charge on any atom is 0.338 e. The number of halogens is 1. The smallest absolute Gasteiger partial charge is 0.338 e. The fourth-order valence-electron chi connectivity index (χ4n) is 4.24. The lowest BCUT2D eigenvalue weighted by molar-refractivity contribution is -0.134. The van der Waals surface area contributed by atoms with E-state index in [2.05, 4.69) is 6.92 Å². The zero-order valence-corrected chi connectivity index (χ0v) is 24.4. The predicted molar refractivity (Wildman–Crippen MR) is 158 cm³/mol. The van der Waals surface area contributed by atoms with Gasteiger partial charge in [-0.15, -0.1) is 11.6 Å². The molecule has 0 aliphatic rings. The Morgan fingerprint density at radius 1 is 0.711 bits per heavy atom. The molecule has 0 saturated carbocycles. The van der Waals surface area contributed by atoms with E-state index in [9.17, 15) is 9.59 Å². The Morgan fingerprint density at radius 3 is 1.68 bits per heavy atom. The first-order valence-electron chi connectivity index (χ1n) is 14.6. The minimum absolute atomic E-state index is 0.177. The molecule has 1 atom stereocenters. The first kappa shape index (κ1) is 31.9. The van der Waals surface area contributed by atoms with Crippen LogP contribution in [0.25, 0.3) is 11.1 Å². The minimum Gasteiger partial charge on any atom is -0.461 e. The third kappa shape index (κ3) is 13.0. The Kier molecular flexibility index (Phi) is 15.8. The molecule has 0 aliphatic heterocycles. The van der Waals surface area contributed by atoms with Gasteiger partial charge in [0, 0.05) is 6.42 Å². The first-order chi connectivity index (χ1) is 18.4. The molecule has 5 heteroatoms. The summed E-state index contributed by atoms with van der Waals surface area (Å²) in [6.45, 7) is 6.44. The molecule has 0 amide bonds. The number of carbonyl (C=O) groups excluding carboxylic acids is 2. The molecule has 1 unspecified atom stereocenters. The number of benzene rings is 2. The van der Waals surface area contributed by atoms with E-state index < -0.39 is 0 Å². The van der Waals surface area contributed by atoms with Gasteiger partial charge >= 0.3 is 11.9 Å². The van der Waals surface area contributed by atoms with Gasteiger partial charge in [0.25, 0.3) is 0 Å². The maximum absolute atomic E-state index is 12.2. The highest BCUT2D eigenvalue weighted by Gasteiger charge is 2.14. The SMILES string of the molecule is CCCCCCCCCCCCCCC(=O)Oc1ccc(-c2ccc(C(=O)OCC(Cl)C(C)C)cc2)cc1. The number of esters is 2. The molecule has 0 N–H and O–H groups in total. The summed E-state index contributed by atoms with van der Waals surface area (Å²) in [4.78, 5) is 24.4. The van der Waals surface area contributed by atoms with Gasteiger partial charge < -0.3 is 9.47 Å². The van der Waals surface area contributed by atoms with Crippen LogP contribution in [0.15, 0.2) is 48.5 Å². The van der Waals surface area contributed by atoms with Crippen molar-refractivity contribution in [3.63, 3.8) is 0 Å². The summed E-state index contributed by atoms with van der Waals surface area (Å²) in [7, 11) is 0. The van der Waals surface area contributed by atoms with E-state index in [-0.39, 0.29) is 29.8 Å². The Balaban J connectivity index is 1.63. The van der Waals surface area contributed by atoms with Crippen LogP contribution < -0.4 is 4.74 Å². The minimum atomic E-state index is -0.377. The highest BCUT2D eigenvalue weighted by atomic mass is 35.5. The fraction of sp³-hybridized carbons (Fsp3) is 0.576. The molecule has 0 aliphatic carbocycles. The van der Waals surface area contributed by atoms with E-state index in [0.29, 0.717) is 17.7 Å². The van der Waals surface area contributed by atoms with Crippen molar-refractivity contribution in [2.45, 2.75) is 110 Å². The van der Waals surface area contributed by atoms with Crippen molar-refractivity contribution < 1.29 is 19.1 Å². The largest absolute Gasteiger partial charge is 0.461 e. The number of hydrogen-bond acceptors (Lipinski definition) is 4. The molecule has 2 aromatic rings. The van der Waals surface area contributed by atoms with E-state index in [0.717, 1.165) is 24.0 Å². The summed E-state index contributed by atoms with van der Waals surface area (Å²) in [5, 5.41) is -0.199. The van der Waals surface area contributed by atoms with Crippen molar-refractivity contribution in [1.82, 2.24) is 0 Å². The van der Waals surface area contributed by atoms with Gasteiger partial charge in [0.15, 0.2) is 0 Å². The first-order valence-corrected chi connectivity index (χ1v) is 15.1. The Bertz CT molecular complexity index is 921. The lowest BCUT2D eigenvalue weighted by Gasteiger charge is -2.13. The number of rotatable bonds is 19. The second-order valence-electron chi connectivity index (χ2n) is 10.6. The molecule has 210 valence electrons. The average Bonchev–Trinajstić information content (AvgIpc) is 2.92. The van der Waals surface area contributed by atoms with Gasteiger partial charge in [0.05, 0.1) is 10.9 Å². The summed E-state index contributed by atoms with van der Waals surface area (Å²) in [5.74, 6) is 0.241. The van der Waals surface area contributed by atoms with Gasteiger partial charge in [-0.3, -0.25) is 4.79 Å². The van der Waals surface area contributed by atoms with Crippen LogP contribution in [0.3, 0.4) is 0 Å². The Hall–Kier alpha value is -2.33. The number of alkyl halides is 1. The zero-order chi connectivity index (χ0) is 27.6. The summed E-state index contributed by atoms with van der Waals surface area (Å²) in [6, 6.07) is 14.7. The molecule has 2 rings (SSSR count). The number of unbranched alkanes of at least 4 members (excludes halogenated alkanes) is 11. The van der Waals surface area contributed by atoms with E-state index >= 15 is 0 Å². The second-order valence-corrected chi connectivity index (χ2v) is 11.1. The molecule has 0 heterocycles. The Labute approximate surface area is 235 Å². The quantitative estimate of drug-likeness (QED) is 0.0766. The molecule has 4 nitrogen and oxygen atoms in total. The van der Waals surface area contributed by atoms with E-state index in [4.69, 9.17) is 21.1 Å². The second kappa shape index (κ2) is 18.8. The van der Waals surface area contributed by atoms with Crippen LogP contribution in [0.2, 0.25) is 0 Å². The molecule has 0 saturated heterocycles. The van der Waals surface area contributed by atoms with E-state index in [1.54, 1.807) is 12.1 Å². The third-order valence-corrected chi connectivity index (χ3v) is 7.50. The standard InChI is InChI=1S/C33H47ClO4/c1-4-5-6-7-8-9-10-11-12-13-14-15-16-32(35)38-30-23-21-28(22-24-30)27-17-19-29(20-18-27)33(36)37-25-31(34)26(2)3/h17-24,26,31H,4-16,25H2,1-3H3. The number of carbonyl (C=O) groups is 2. The Morgan fingerprint density at radius 2 is 1.18 bits per heavy atom. The fourth-order valence-corrected chi connectivity index (χ4v) is 4.30. The molecule has 0 bridgehead atoms. The summed E-state index contributed by atoms with van der Waals surface area (Å²) in [5.41, 5.74) is 2.43. The van der Waals surface area contributed by atoms with Crippen molar-refractivity contribution in [2.75, 3.05) is 6.61 Å². The summed E-state index contributed by atoms with van der Waals surface area (Å²) < 4.78 is 10.8. The molecule has 38 heavy (non-hydrogen) atoms. The van der Waals surface area contributed by atoms with Gasteiger partial charge in [-0.2, -0.15) is 0 Å². The molecule has 0 aromatic heterocycles. The molecular weight excluding hydrogens is 496 g/mol. The summed E-state index contributed by atoms with van der Waals surface area (Å²) in [6.07, 6.45) is 15.7. The van der Waals surface area contributed by atoms with Crippen LogP contribution in [0, 0.1) is 5.92 Å². The van der Waals surface area contributed by atoms with Crippen LogP contribution in [0.4, 0.5) is 0 Å². The van der Waals surface area contributed by atoms with Crippen LogP contribution in [0.1, 0.15) is 115 Å². The van der Waals surface area contributed by atoms with E-state index in [1.807, 2.05) is 50.2 Å². The highest BCUT2D eigenvalue weighted by molar-refractivity contribution is 6.21. The number of hydrogen-bond donors (Lipinski definition) is 0. The number of ether oxygens (including phenoxy) is 2. The van der Waals surface area contributed by atoms with Gasteiger partial charge in [-0.1, -0.05) is 116 Å². The van der Waals surface area contributed by atoms with Crippen molar-refractivity contribution in [2.24, 2.45) is 5.92 Å². The molecule has 0 spiro atoms.